The molecule has 0 aromatic heterocycles. The maximum Gasteiger partial charge on any atom is 0.416 e. The monoisotopic (exact) mass is 338 g/mol. The van der Waals surface area contributed by atoms with Gasteiger partial charge in [0.15, 0.2) is 0 Å². The Hall–Kier alpha value is -2.54. The number of carbonyl (C=O) groups is 1. The number of carbonyl (C=O) groups excluding carboxylic acids is 1. The molecule has 7 heteroatoms. The van der Waals surface area contributed by atoms with Gasteiger partial charge in [-0.1, -0.05) is 30.3 Å². The third-order valence-corrected chi connectivity index (χ3v) is 3.32. The number of amides is 1. The highest BCUT2D eigenvalue weighted by Gasteiger charge is 2.30. The first-order chi connectivity index (χ1) is 11.4. The molecule has 128 valence electrons. The first-order valence-electron chi connectivity index (χ1n) is 7.25. The molecule has 0 unspecified atom stereocenters. The number of benzene rings is 2. The van der Waals surface area contributed by atoms with Crippen LogP contribution in [0.3, 0.4) is 0 Å². The molecule has 0 heterocycles. The molecule has 24 heavy (non-hydrogen) atoms. The Morgan fingerprint density at radius 2 is 1.71 bits per heavy atom. The lowest BCUT2D eigenvalue weighted by Crippen LogP contribution is -2.35. The van der Waals surface area contributed by atoms with Gasteiger partial charge in [-0.3, -0.25) is 10.1 Å². The van der Waals surface area contributed by atoms with Gasteiger partial charge in [0.05, 0.1) is 5.56 Å². The first-order valence-corrected chi connectivity index (χ1v) is 7.25. The van der Waals surface area contributed by atoms with Crippen LogP contribution >= 0.6 is 0 Å². The Labute approximate surface area is 137 Å². The summed E-state index contributed by atoms with van der Waals surface area (Å²) in [5.74, 6) is -0.198. The number of ether oxygens (including phenoxy) is 1. The third-order valence-electron chi connectivity index (χ3n) is 3.32. The van der Waals surface area contributed by atoms with Crippen LogP contribution in [0.4, 0.5) is 13.2 Å². The van der Waals surface area contributed by atoms with Crippen LogP contribution in [0.2, 0.25) is 0 Å². The van der Waals surface area contributed by atoms with Gasteiger partial charge in [0.2, 0.25) is 5.91 Å². The van der Waals surface area contributed by atoms with Gasteiger partial charge < -0.3 is 10.5 Å². The second kappa shape index (κ2) is 7.83. The van der Waals surface area contributed by atoms with Crippen LogP contribution < -0.4 is 15.8 Å². The number of nitrogens with two attached hydrogens (primary N) is 1. The Kier molecular flexibility index (Phi) is 5.81. The van der Waals surface area contributed by atoms with E-state index in [2.05, 4.69) is 5.32 Å². The topological polar surface area (TPSA) is 64.4 Å². The van der Waals surface area contributed by atoms with E-state index in [-0.39, 0.29) is 6.61 Å². The van der Waals surface area contributed by atoms with E-state index < -0.39 is 23.7 Å². The number of halogens is 3. The van der Waals surface area contributed by atoms with Crippen molar-refractivity contribution in [3.8, 4) is 5.75 Å². The lowest BCUT2D eigenvalue weighted by Gasteiger charge is -2.16. The summed E-state index contributed by atoms with van der Waals surface area (Å²) in [4.78, 5) is 11.5. The van der Waals surface area contributed by atoms with Crippen molar-refractivity contribution in [1.29, 1.82) is 0 Å². The summed E-state index contributed by atoms with van der Waals surface area (Å²) >= 11 is 0. The minimum atomic E-state index is -4.37. The van der Waals surface area contributed by atoms with Gasteiger partial charge in [-0.25, -0.2) is 0 Å². The van der Waals surface area contributed by atoms with Gasteiger partial charge in [-0.05, 0) is 29.8 Å². The van der Waals surface area contributed by atoms with Crippen LogP contribution in [0.15, 0.2) is 54.6 Å². The molecule has 0 fully saturated rings. The maximum absolute atomic E-state index is 12.5. The van der Waals surface area contributed by atoms with E-state index in [9.17, 15) is 18.0 Å². The molecule has 2 rings (SSSR count). The molecule has 3 N–H and O–H groups in total. The molecule has 1 atom stereocenters. The summed E-state index contributed by atoms with van der Waals surface area (Å²) in [5, 5.41) is 2.96. The van der Waals surface area contributed by atoms with Crippen molar-refractivity contribution < 1.29 is 22.7 Å². The van der Waals surface area contributed by atoms with Crippen LogP contribution in [0, 0.1) is 0 Å². The van der Waals surface area contributed by atoms with Gasteiger partial charge in [-0.15, -0.1) is 0 Å². The number of alkyl halides is 3. The van der Waals surface area contributed by atoms with Crippen molar-refractivity contribution in [1.82, 2.24) is 5.32 Å². The van der Waals surface area contributed by atoms with Crippen molar-refractivity contribution >= 4 is 5.91 Å². The fraction of sp³-hybridized carbons (Fsp3) is 0.235. The molecule has 4 nitrogen and oxygen atoms in total. The standard InChI is InChI=1S/C17H17F3N2O2/c18-17(19,20)13-6-8-14(9-7-13)24-11-10-22-15(16(21)23)12-4-2-1-3-5-12/h1-9,15,22H,10-11H2,(H2,21,23)/t15-/m0/s1. The molecule has 0 aliphatic rings. The van der Waals surface area contributed by atoms with Crippen LogP contribution in [0.5, 0.6) is 5.75 Å². The summed E-state index contributed by atoms with van der Waals surface area (Å²) in [5.41, 5.74) is 5.38. The molecule has 0 aliphatic heterocycles. The Balaban J connectivity index is 1.84. The van der Waals surface area contributed by atoms with Gasteiger partial charge in [0, 0.05) is 6.54 Å². The second-order valence-corrected chi connectivity index (χ2v) is 5.07. The molecule has 2 aromatic rings. The molecule has 1 amide bonds. The summed E-state index contributed by atoms with van der Waals surface area (Å²) in [6.07, 6.45) is -4.37. The van der Waals surface area contributed by atoms with E-state index in [1.54, 1.807) is 24.3 Å². The predicted molar refractivity (Wildman–Crippen MR) is 83.3 cm³/mol. The summed E-state index contributed by atoms with van der Waals surface area (Å²) in [6, 6.07) is 12.8. The zero-order valence-electron chi connectivity index (χ0n) is 12.7. The van der Waals surface area contributed by atoms with Crippen molar-refractivity contribution in [2.45, 2.75) is 12.2 Å². The minimum Gasteiger partial charge on any atom is -0.492 e. The number of primary amides is 1. The van der Waals surface area contributed by atoms with Gasteiger partial charge in [0.1, 0.15) is 18.4 Å². The van der Waals surface area contributed by atoms with E-state index >= 15 is 0 Å². The van der Waals surface area contributed by atoms with E-state index in [1.807, 2.05) is 6.07 Å². The third kappa shape index (κ3) is 4.99. The predicted octanol–water partition coefficient (Wildman–Crippen LogP) is 2.90. The molecule has 0 saturated heterocycles. The van der Waals surface area contributed by atoms with E-state index in [1.165, 1.54) is 12.1 Å². The number of hydrogen-bond donors (Lipinski definition) is 2. The lowest BCUT2D eigenvalue weighted by molar-refractivity contribution is -0.137. The Bertz CT molecular complexity index is 658. The molecular formula is C17H17F3N2O2. The molecule has 0 bridgehead atoms. The molecule has 0 spiro atoms. The Morgan fingerprint density at radius 3 is 2.25 bits per heavy atom. The van der Waals surface area contributed by atoms with E-state index in [0.29, 0.717) is 12.3 Å². The van der Waals surface area contributed by atoms with Crippen LogP contribution in [-0.2, 0) is 11.0 Å². The molecule has 2 aromatic carbocycles. The maximum atomic E-state index is 12.5. The second-order valence-electron chi connectivity index (χ2n) is 5.07. The van der Waals surface area contributed by atoms with Crippen molar-refractivity contribution in [3.63, 3.8) is 0 Å². The SMILES string of the molecule is NC(=O)[C@@H](NCCOc1ccc(C(F)(F)F)cc1)c1ccccc1. The van der Waals surface area contributed by atoms with Crippen molar-refractivity contribution in [3.05, 3.63) is 65.7 Å². The van der Waals surface area contributed by atoms with Crippen LogP contribution in [0.1, 0.15) is 17.2 Å². The highest BCUT2D eigenvalue weighted by Crippen LogP contribution is 2.30. The highest BCUT2D eigenvalue weighted by atomic mass is 19.4. The summed E-state index contributed by atoms with van der Waals surface area (Å²) < 4.78 is 42.7. The number of rotatable bonds is 7. The minimum absolute atomic E-state index is 0.183. The molecule has 0 saturated carbocycles. The zero-order valence-corrected chi connectivity index (χ0v) is 12.7. The van der Waals surface area contributed by atoms with Gasteiger partial charge in [-0.2, -0.15) is 13.2 Å². The number of hydrogen-bond acceptors (Lipinski definition) is 3. The zero-order chi connectivity index (χ0) is 17.6. The lowest BCUT2D eigenvalue weighted by atomic mass is 10.1. The van der Waals surface area contributed by atoms with Crippen LogP contribution in [0.25, 0.3) is 0 Å². The normalized spacial score (nSPS) is 12.6. The highest BCUT2D eigenvalue weighted by molar-refractivity contribution is 5.81. The van der Waals surface area contributed by atoms with Gasteiger partial charge >= 0.3 is 6.18 Å². The largest absolute Gasteiger partial charge is 0.492 e. The smallest absolute Gasteiger partial charge is 0.416 e. The molecule has 0 aliphatic carbocycles. The summed E-state index contributed by atoms with van der Waals surface area (Å²) in [6.45, 7) is 0.492. The van der Waals surface area contributed by atoms with Crippen molar-refractivity contribution in [2.24, 2.45) is 5.73 Å². The van der Waals surface area contributed by atoms with E-state index in [0.717, 1.165) is 17.7 Å². The fourth-order valence-electron chi connectivity index (χ4n) is 2.14. The fourth-order valence-corrected chi connectivity index (χ4v) is 2.14. The van der Waals surface area contributed by atoms with E-state index in [4.69, 9.17) is 10.5 Å². The Morgan fingerprint density at radius 1 is 1.08 bits per heavy atom. The molecular weight excluding hydrogens is 321 g/mol. The molecule has 0 radical (unpaired) electrons. The first kappa shape index (κ1) is 17.8. The average molecular weight is 338 g/mol. The summed E-state index contributed by atoms with van der Waals surface area (Å²) in [7, 11) is 0. The quantitative estimate of drug-likeness (QED) is 0.763. The average Bonchev–Trinajstić information content (AvgIpc) is 2.55. The van der Waals surface area contributed by atoms with Crippen LogP contribution in [-0.4, -0.2) is 19.1 Å². The number of nitrogens with one attached hydrogen (secondary N) is 1. The van der Waals surface area contributed by atoms with Crippen molar-refractivity contribution in [2.75, 3.05) is 13.2 Å². The van der Waals surface area contributed by atoms with Gasteiger partial charge in [0.25, 0.3) is 0 Å².